The van der Waals surface area contributed by atoms with Crippen LogP contribution in [0.2, 0.25) is 5.02 Å². The maximum Gasteiger partial charge on any atom is 0.356 e. The highest BCUT2D eigenvalue weighted by Crippen LogP contribution is 2.06. The smallest absolute Gasteiger partial charge is 0.356 e. The molecule has 0 spiro atoms. The zero-order valence-electron chi connectivity index (χ0n) is 13.0. The van der Waals surface area contributed by atoms with Gasteiger partial charge in [-0.1, -0.05) is 11.6 Å². The second-order valence-electron chi connectivity index (χ2n) is 4.79. The molecule has 0 bridgehead atoms. The molecule has 0 saturated carbocycles. The van der Waals surface area contributed by atoms with Crippen LogP contribution in [0.1, 0.15) is 34.3 Å². The molecule has 9 heteroatoms. The standard InChI is InChI=1S/C14H18ClN5O3/c1-3-23-14(22)12-7-11(18-19(12)2)13(21)16-5-4-6-20-9-10(15)8-17-20/h7-9H,3-6H2,1-2H3,(H,16,21). The molecule has 23 heavy (non-hydrogen) atoms. The van der Waals surface area contributed by atoms with Crippen molar-refractivity contribution in [3.8, 4) is 0 Å². The summed E-state index contributed by atoms with van der Waals surface area (Å²) < 4.78 is 7.93. The number of halogens is 1. The van der Waals surface area contributed by atoms with Gasteiger partial charge in [-0.3, -0.25) is 14.2 Å². The Bertz CT molecular complexity index is 694. The van der Waals surface area contributed by atoms with Crippen LogP contribution in [0.5, 0.6) is 0 Å². The van der Waals surface area contributed by atoms with Crippen LogP contribution in [0, 0.1) is 0 Å². The summed E-state index contributed by atoms with van der Waals surface area (Å²) in [5.41, 5.74) is 0.417. The Morgan fingerprint density at radius 3 is 2.87 bits per heavy atom. The van der Waals surface area contributed by atoms with E-state index >= 15 is 0 Å². The first-order valence-electron chi connectivity index (χ1n) is 7.18. The average molecular weight is 340 g/mol. The SMILES string of the molecule is CCOC(=O)c1cc(C(=O)NCCCn2cc(Cl)cn2)nn1C. The molecule has 0 aliphatic heterocycles. The fourth-order valence-electron chi connectivity index (χ4n) is 1.97. The van der Waals surface area contributed by atoms with E-state index in [0.29, 0.717) is 24.5 Å². The number of ether oxygens (including phenoxy) is 1. The van der Waals surface area contributed by atoms with Gasteiger partial charge in [-0.2, -0.15) is 10.2 Å². The summed E-state index contributed by atoms with van der Waals surface area (Å²) in [4.78, 5) is 23.7. The van der Waals surface area contributed by atoms with Crippen molar-refractivity contribution in [2.75, 3.05) is 13.2 Å². The third-order valence-corrected chi connectivity index (χ3v) is 3.24. The van der Waals surface area contributed by atoms with Crippen LogP contribution in [-0.2, 0) is 18.3 Å². The van der Waals surface area contributed by atoms with E-state index in [1.54, 1.807) is 31.0 Å². The Kier molecular flexibility index (Phi) is 5.75. The van der Waals surface area contributed by atoms with Crippen LogP contribution in [0.3, 0.4) is 0 Å². The summed E-state index contributed by atoms with van der Waals surface area (Å²) in [6.07, 6.45) is 3.97. The summed E-state index contributed by atoms with van der Waals surface area (Å²) in [6, 6.07) is 1.42. The maximum absolute atomic E-state index is 12.0. The van der Waals surface area contributed by atoms with Gasteiger partial charge < -0.3 is 10.1 Å². The Balaban J connectivity index is 1.83. The number of carbonyl (C=O) groups excluding carboxylic acids is 2. The lowest BCUT2D eigenvalue weighted by molar-refractivity contribution is 0.0513. The Labute approximate surface area is 138 Å². The van der Waals surface area contributed by atoms with Crippen molar-refractivity contribution in [1.82, 2.24) is 24.9 Å². The highest BCUT2D eigenvalue weighted by molar-refractivity contribution is 6.30. The minimum Gasteiger partial charge on any atom is -0.461 e. The van der Waals surface area contributed by atoms with E-state index in [9.17, 15) is 9.59 Å². The Morgan fingerprint density at radius 1 is 1.43 bits per heavy atom. The fraction of sp³-hybridized carbons (Fsp3) is 0.429. The first-order valence-corrected chi connectivity index (χ1v) is 7.56. The molecule has 2 rings (SSSR count). The monoisotopic (exact) mass is 339 g/mol. The van der Waals surface area contributed by atoms with Crippen LogP contribution in [0.15, 0.2) is 18.5 Å². The molecule has 0 fully saturated rings. The fourth-order valence-corrected chi connectivity index (χ4v) is 2.12. The molecule has 0 aromatic carbocycles. The van der Waals surface area contributed by atoms with E-state index < -0.39 is 5.97 Å². The predicted molar refractivity (Wildman–Crippen MR) is 83.4 cm³/mol. The van der Waals surface area contributed by atoms with Gasteiger partial charge >= 0.3 is 5.97 Å². The van der Waals surface area contributed by atoms with Crippen molar-refractivity contribution in [1.29, 1.82) is 0 Å². The molecular weight excluding hydrogens is 322 g/mol. The Hall–Kier alpha value is -2.35. The molecule has 8 nitrogen and oxygen atoms in total. The van der Waals surface area contributed by atoms with E-state index in [2.05, 4.69) is 15.5 Å². The molecule has 124 valence electrons. The van der Waals surface area contributed by atoms with E-state index in [0.717, 1.165) is 0 Å². The van der Waals surface area contributed by atoms with Crippen molar-refractivity contribution in [3.05, 3.63) is 34.9 Å². The van der Waals surface area contributed by atoms with Crippen molar-refractivity contribution in [2.24, 2.45) is 7.05 Å². The van der Waals surface area contributed by atoms with Gasteiger partial charge in [0.2, 0.25) is 0 Å². The number of hydrogen-bond donors (Lipinski definition) is 1. The molecule has 2 heterocycles. The number of nitrogens with zero attached hydrogens (tertiary/aromatic N) is 4. The van der Waals surface area contributed by atoms with Gasteiger partial charge in [-0.15, -0.1) is 0 Å². The van der Waals surface area contributed by atoms with Gasteiger partial charge in [0.1, 0.15) is 5.69 Å². The first-order chi connectivity index (χ1) is 11.0. The van der Waals surface area contributed by atoms with Gasteiger partial charge in [-0.05, 0) is 13.3 Å². The largest absolute Gasteiger partial charge is 0.461 e. The van der Waals surface area contributed by atoms with Crippen molar-refractivity contribution in [2.45, 2.75) is 19.9 Å². The van der Waals surface area contributed by atoms with E-state index in [1.165, 1.54) is 10.7 Å². The van der Waals surface area contributed by atoms with Gasteiger partial charge in [-0.25, -0.2) is 4.79 Å². The van der Waals surface area contributed by atoms with Crippen LogP contribution < -0.4 is 5.32 Å². The zero-order chi connectivity index (χ0) is 16.8. The molecule has 0 unspecified atom stereocenters. The molecular formula is C14H18ClN5O3. The molecule has 0 atom stereocenters. The minimum atomic E-state index is -0.503. The lowest BCUT2D eigenvalue weighted by atomic mass is 10.3. The molecule has 0 aliphatic carbocycles. The summed E-state index contributed by atoms with van der Waals surface area (Å²) in [7, 11) is 1.59. The van der Waals surface area contributed by atoms with Gasteiger partial charge in [0.05, 0.1) is 17.8 Å². The van der Waals surface area contributed by atoms with Crippen molar-refractivity contribution in [3.63, 3.8) is 0 Å². The Morgan fingerprint density at radius 2 is 2.22 bits per heavy atom. The van der Waals surface area contributed by atoms with Crippen molar-refractivity contribution >= 4 is 23.5 Å². The number of nitrogens with one attached hydrogen (secondary N) is 1. The molecule has 0 radical (unpaired) electrons. The van der Waals surface area contributed by atoms with Crippen LogP contribution in [0.25, 0.3) is 0 Å². The van der Waals surface area contributed by atoms with E-state index in [1.807, 2.05) is 0 Å². The lowest BCUT2D eigenvalue weighted by Gasteiger charge is -2.03. The molecule has 1 amide bonds. The van der Waals surface area contributed by atoms with Crippen LogP contribution in [0.4, 0.5) is 0 Å². The second kappa shape index (κ2) is 7.77. The summed E-state index contributed by atoms with van der Waals surface area (Å²) in [5, 5.41) is 11.4. The lowest BCUT2D eigenvalue weighted by Crippen LogP contribution is -2.25. The van der Waals surface area contributed by atoms with E-state index in [4.69, 9.17) is 16.3 Å². The second-order valence-corrected chi connectivity index (χ2v) is 5.23. The minimum absolute atomic E-state index is 0.178. The van der Waals surface area contributed by atoms with Crippen LogP contribution in [-0.4, -0.2) is 44.6 Å². The number of aromatic nitrogens is 4. The first kappa shape index (κ1) is 17.0. The predicted octanol–water partition coefficient (Wildman–Crippen LogP) is 1.27. The average Bonchev–Trinajstić information content (AvgIpc) is 3.10. The number of amides is 1. The summed E-state index contributed by atoms with van der Waals surface area (Å²) in [5.74, 6) is -0.841. The highest BCUT2D eigenvalue weighted by atomic mass is 35.5. The molecule has 1 N–H and O–H groups in total. The third kappa shape index (κ3) is 4.56. The van der Waals surface area contributed by atoms with Gasteiger partial charge in [0, 0.05) is 32.4 Å². The maximum atomic E-state index is 12.0. The summed E-state index contributed by atoms with van der Waals surface area (Å²) >= 11 is 5.77. The molecule has 0 saturated heterocycles. The van der Waals surface area contributed by atoms with Crippen molar-refractivity contribution < 1.29 is 14.3 Å². The van der Waals surface area contributed by atoms with Gasteiger partial charge in [0.15, 0.2) is 5.69 Å². The van der Waals surface area contributed by atoms with Crippen LogP contribution >= 0.6 is 11.6 Å². The summed E-state index contributed by atoms with van der Waals surface area (Å²) in [6.45, 7) is 3.09. The molecule has 2 aromatic rings. The number of aryl methyl sites for hydroxylation is 2. The normalized spacial score (nSPS) is 10.6. The highest BCUT2D eigenvalue weighted by Gasteiger charge is 2.18. The zero-order valence-corrected chi connectivity index (χ0v) is 13.7. The number of esters is 1. The molecule has 0 aliphatic rings. The quantitative estimate of drug-likeness (QED) is 0.606. The topological polar surface area (TPSA) is 91.0 Å². The number of rotatable bonds is 7. The number of carbonyl (C=O) groups is 2. The molecule has 2 aromatic heterocycles. The van der Waals surface area contributed by atoms with Gasteiger partial charge in [0.25, 0.3) is 5.91 Å². The third-order valence-electron chi connectivity index (χ3n) is 3.05. The van der Waals surface area contributed by atoms with E-state index in [-0.39, 0.29) is 23.9 Å². The number of hydrogen-bond acceptors (Lipinski definition) is 5.